The zero-order valence-electron chi connectivity index (χ0n) is 17.6. The Bertz CT molecular complexity index is 953. The van der Waals surface area contributed by atoms with E-state index in [1.54, 1.807) is 24.3 Å². The van der Waals surface area contributed by atoms with E-state index in [9.17, 15) is 19.1 Å². The molecular weight excluding hydrogens is 401 g/mol. The van der Waals surface area contributed by atoms with Crippen LogP contribution in [0.5, 0.6) is 5.75 Å². The van der Waals surface area contributed by atoms with Gasteiger partial charge in [0.15, 0.2) is 0 Å². The molecule has 0 bridgehead atoms. The quantitative estimate of drug-likeness (QED) is 0.283. The van der Waals surface area contributed by atoms with Crippen LogP contribution in [0.3, 0.4) is 0 Å². The molecule has 1 aliphatic heterocycles. The topological polar surface area (TPSA) is 76.1 Å². The standard InChI is InChI=1S/C24H26FNO5/c1-3-4-14-31-19-11-7-17(8-12-19)22(27)20-21(16-5-9-18(25)10-6-16)26(13-15-30-2)24(29)23(20)28/h5-12,21,27H,3-4,13-15H2,1-2H3/b22-20+. The first-order valence-electron chi connectivity index (χ1n) is 10.2. The van der Waals surface area contributed by atoms with Crippen LogP contribution in [0.4, 0.5) is 4.39 Å². The molecule has 1 atom stereocenters. The highest BCUT2D eigenvalue weighted by Gasteiger charge is 2.45. The van der Waals surface area contributed by atoms with Gasteiger partial charge in [0.25, 0.3) is 11.7 Å². The van der Waals surface area contributed by atoms with Crippen LogP contribution in [0.1, 0.15) is 36.9 Å². The number of ketones is 1. The summed E-state index contributed by atoms with van der Waals surface area (Å²) in [6, 6.07) is 11.4. The van der Waals surface area contributed by atoms with E-state index >= 15 is 0 Å². The van der Waals surface area contributed by atoms with Crippen LogP contribution in [-0.4, -0.2) is 48.6 Å². The molecule has 1 heterocycles. The van der Waals surface area contributed by atoms with Crippen LogP contribution in [0.2, 0.25) is 0 Å². The van der Waals surface area contributed by atoms with Gasteiger partial charge in [0.2, 0.25) is 0 Å². The van der Waals surface area contributed by atoms with Gasteiger partial charge in [0.05, 0.1) is 24.8 Å². The molecule has 2 aromatic carbocycles. The molecule has 1 fully saturated rings. The number of carbonyl (C=O) groups excluding carboxylic acids is 2. The number of Topliss-reactive ketones (excluding diaryl/α,β-unsaturated/α-hetero) is 1. The minimum Gasteiger partial charge on any atom is -0.507 e. The highest BCUT2D eigenvalue weighted by atomic mass is 19.1. The molecule has 0 saturated carbocycles. The van der Waals surface area contributed by atoms with E-state index in [-0.39, 0.29) is 24.5 Å². The third-order valence-corrected chi connectivity index (χ3v) is 5.16. The molecule has 2 aromatic rings. The maximum atomic E-state index is 13.5. The molecule has 3 rings (SSSR count). The predicted molar refractivity (Wildman–Crippen MR) is 114 cm³/mol. The summed E-state index contributed by atoms with van der Waals surface area (Å²) in [5, 5.41) is 11.0. The van der Waals surface area contributed by atoms with Gasteiger partial charge in [-0.15, -0.1) is 0 Å². The van der Waals surface area contributed by atoms with Crippen LogP contribution in [0.15, 0.2) is 54.1 Å². The summed E-state index contributed by atoms with van der Waals surface area (Å²) in [5.41, 5.74) is 0.879. The first-order valence-corrected chi connectivity index (χ1v) is 10.2. The zero-order valence-corrected chi connectivity index (χ0v) is 17.6. The summed E-state index contributed by atoms with van der Waals surface area (Å²) in [4.78, 5) is 26.9. The van der Waals surface area contributed by atoms with E-state index in [0.717, 1.165) is 12.8 Å². The molecule has 1 amide bonds. The minimum atomic E-state index is -0.837. The molecule has 0 aromatic heterocycles. The van der Waals surface area contributed by atoms with Crippen molar-refractivity contribution >= 4 is 17.4 Å². The zero-order chi connectivity index (χ0) is 22.4. The van der Waals surface area contributed by atoms with Crippen LogP contribution in [-0.2, 0) is 14.3 Å². The van der Waals surface area contributed by atoms with Crippen LogP contribution < -0.4 is 4.74 Å². The van der Waals surface area contributed by atoms with E-state index in [4.69, 9.17) is 9.47 Å². The average Bonchev–Trinajstić information content (AvgIpc) is 3.03. The molecule has 31 heavy (non-hydrogen) atoms. The Labute approximate surface area is 180 Å². The highest BCUT2D eigenvalue weighted by molar-refractivity contribution is 6.46. The number of benzene rings is 2. The lowest BCUT2D eigenvalue weighted by Gasteiger charge is -2.25. The molecule has 1 saturated heterocycles. The SMILES string of the molecule is CCCCOc1ccc(/C(O)=C2\C(=O)C(=O)N(CCOC)C2c2ccc(F)cc2)cc1. The van der Waals surface area contributed by atoms with E-state index in [0.29, 0.717) is 23.5 Å². The van der Waals surface area contributed by atoms with Gasteiger partial charge in [-0.25, -0.2) is 4.39 Å². The van der Waals surface area contributed by atoms with Crippen molar-refractivity contribution in [2.45, 2.75) is 25.8 Å². The molecule has 1 aliphatic rings. The van der Waals surface area contributed by atoms with Gasteiger partial charge in [-0.2, -0.15) is 0 Å². The highest BCUT2D eigenvalue weighted by Crippen LogP contribution is 2.39. The van der Waals surface area contributed by atoms with Gasteiger partial charge >= 0.3 is 0 Å². The van der Waals surface area contributed by atoms with Crippen molar-refractivity contribution < 1.29 is 28.6 Å². The maximum Gasteiger partial charge on any atom is 0.295 e. The number of carbonyl (C=O) groups is 2. The van der Waals surface area contributed by atoms with Gasteiger partial charge in [0.1, 0.15) is 17.3 Å². The van der Waals surface area contributed by atoms with Crippen molar-refractivity contribution in [2.75, 3.05) is 26.9 Å². The Morgan fingerprint density at radius 3 is 2.35 bits per heavy atom. The molecule has 0 aliphatic carbocycles. The van der Waals surface area contributed by atoms with E-state index < -0.39 is 23.5 Å². The van der Waals surface area contributed by atoms with Crippen LogP contribution in [0, 0.1) is 5.82 Å². The first-order chi connectivity index (χ1) is 15.0. The number of aliphatic hydroxyl groups excluding tert-OH is 1. The van der Waals surface area contributed by atoms with Crippen LogP contribution in [0.25, 0.3) is 5.76 Å². The Kier molecular flexibility index (Phi) is 7.41. The fourth-order valence-electron chi connectivity index (χ4n) is 3.49. The lowest BCUT2D eigenvalue weighted by atomic mass is 9.95. The number of hydrogen-bond donors (Lipinski definition) is 1. The van der Waals surface area contributed by atoms with Crippen molar-refractivity contribution in [3.8, 4) is 5.75 Å². The van der Waals surface area contributed by atoms with E-state index in [2.05, 4.69) is 6.92 Å². The van der Waals surface area contributed by atoms with Crippen molar-refractivity contribution in [1.82, 2.24) is 4.90 Å². The van der Waals surface area contributed by atoms with E-state index in [1.165, 1.54) is 36.3 Å². The molecule has 7 heteroatoms. The van der Waals surface area contributed by atoms with Crippen molar-refractivity contribution in [3.05, 3.63) is 71.0 Å². The van der Waals surface area contributed by atoms with Crippen molar-refractivity contribution in [2.24, 2.45) is 0 Å². The van der Waals surface area contributed by atoms with Crippen molar-refractivity contribution in [1.29, 1.82) is 0 Å². The van der Waals surface area contributed by atoms with Crippen molar-refractivity contribution in [3.63, 3.8) is 0 Å². The third-order valence-electron chi connectivity index (χ3n) is 5.16. The average molecular weight is 427 g/mol. The predicted octanol–water partition coefficient (Wildman–Crippen LogP) is 4.07. The summed E-state index contributed by atoms with van der Waals surface area (Å²) < 4.78 is 24.2. The Hall–Kier alpha value is -3.19. The van der Waals surface area contributed by atoms with Crippen LogP contribution >= 0.6 is 0 Å². The second-order valence-electron chi connectivity index (χ2n) is 7.26. The lowest BCUT2D eigenvalue weighted by molar-refractivity contribution is -0.140. The summed E-state index contributed by atoms with van der Waals surface area (Å²) in [7, 11) is 1.49. The molecular formula is C24H26FNO5. The number of amides is 1. The molecule has 0 spiro atoms. The number of methoxy groups -OCH3 is 1. The number of unbranched alkanes of at least 4 members (excludes halogenated alkanes) is 1. The number of halogens is 1. The fourth-order valence-corrected chi connectivity index (χ4v) is 3.49. The van der Waals surface area contributed by atoms with Gasteiger partial charge < -0.3 is 19.5 Å². The fraction of sp³-hybridized carbons (Fsp3) is 0.333. The normalized spacial score (nSPS) is 17.9. The molecule has 1 unspecified atom stereocenters. The number of ether oxygens (including phenoxy) is 2. The first kappa shape index (κ1) is 22.5. The second kappa shape index (κ2) is 10.2. The molecule has 6 nitrogen and oxygen atoms in total. The Balaban J connectivity index is 2.00. The summed E-state index contributed by atoms with van der Waals surface area (Å²) in [5.74, 6) is -1.58. The van der Waals surface area contributed by atoms with Gasteiger partial charge in [0, 0.05) is 19.2 Å². The number of hydrogen-bond acceptors (Lipinski definition) is 5. The van der Waals surface area contributed by atoms with Gasteiger partial charge in [-0.1, -0.05) is 25.5 Å². The molecule has 0 radical (unpaired) electrons. The molecule has 164 valence electrons. The number of nitrogens with zero attached hydrogens (tertiary/aromatic N) is 1. The monoisotopic (exact) mass is 427 g/mol. The molecule has 1 N–H and O–H groups in total. The second-order valence-corrected chi connectivity index (χ2v) is 7.26. The van der Waals surface area contributed by atoms with E-state index in [1.807, 2.05) is 0 Å². The summed E-state index contributed by atoms with van der Waals surface area (Å²) in [6.07, 6.45) is 1.95. The Morgan fingerprint density at radius 1 is 1.06 bits per heavy atom. The maximum absolute atomic E-state index is 13.5. The van der Waals surface area contributed by atoms with Gasteiger partial charge in [-0.3, -0.25) is 9.59 Å². The lowest BCUT2D eigenvalue weighted by Crippen LogP contribution is -2.32. The number of rotatable bonds is 9. The largest absolute Gasteiger partial charge is 0.507 e. The Morgan fingerprint density at radius 2 is 1.74 bits per heavy atom. The minimum absolute atomic E-state index is 0.0348. The number of aliphatic hydroxyl groups is 1. The van der Waals surface area contributed by atoms with Gasteiger partial charge in [-0.05, 0) is 48.4 Å². The summed E-state index contributed by atoms with van der Waals surface area (Å²) >= 11 is 0. The summed E-state index contributed by atoms with van der Waals surface area (Å²) in [6.45, 7) is 3.04. The smallest absolute Gasteiger partial charge is 0.295 e. The number of likely N-dealkylation sites (tertiary alicyclic amines) is 1. The third kappa shape index (κ3) is 4.94.